The van der Waals surface area contributed by atoms with Crippen molar-refractivity contribution in [1.29, 1.82) is 0 Å². The minimum absolute atomic E-state index is 0.0272. The number of thioether (sulfide) groups is 1. The summed E-state index contributed by atoms with van der Waals surface area (Å²) in [6, 6.07) is 8.19. The van der Waals surface area contributed by atoms with Crippen molar-refractivity contribution in [1.82, 2.24) is 15.2 Å². The fraction of sp³-hybridized carbons (Fsp3) is 0.273. The number of hydrogen-bond donors (Lipinski definition) is 2. The van der Waals surface area contributed by atoms with E-state index in [1.165, 1.54) is 11.9 Å². The average molecular weight is 313 g/mol. The summed E-state index contributed by atoms with van der Waals surface area (Å²) in [4.78, 5) is 4.12. The van der Waals surface area contributed by atoms with Crippen molar-refractivity contribution in [3.63, 3.8) is 0 Å². The highest BCUT2D eigenvalue weighted by Gasteiger charge is 2.19. The Morgan fingerprint density at radius 1 is 1.47 bits per heavy atom. The van der Waals surface area contributed by atoms with Crippen LogP contribution in [0.1, 0.15) is 17.7 Å². The van der Waals surface area contributed by atoms with Gasteiger partial charge in [-0.05, 0) is 24.6 Å². The quantitative estimate of drug-likeness (QED) is 0.852. The molecule has 17 heavy (non-hydrogen) atoms. The molecule has 2 atom stereocenters. The highest BCUT2D eigenvalue weighted by atomic mass is 79.9. The van der Waals surface area contributed by atoms with E-state index in [9.17, 15) is 0 Å². The number of hydrogen-bond acceptors (Lipinski definition) is 4. The van der Waals surface area contributed by atoms with E-state index in [0.717, 1.165) is 9.63 Å². The molecule has 0 saturated heterocycles. The fourth-order valence-corrected chi connectivity index (χ4v) is 2.90. The van der Waals surface area contributed by atoms with Crippen LogP contribution in [0, 0.1) is 0 Å². The zero-order chi connectivity index (χ0) is 12.3. The predicted octanol–water partition coefficient (Wildman–Crippen LogP) is 2.75. The number of aromatic amines is 1. The maximum Gasteiger partial charge on any atom is 0.184 e. The lowest BCUT2D eigenvalue weighted by Crippen LogP contribution is -2.22. The van der Waals surface area contributed by atoms with Crippen LogP contribution in [0.5, 0.6) is 0 Å². The van der Waals surface area contributed by atoms with Crippen molar-refractivity contribution in [2.45, 2.75) is 23.4 Å². The van der Waals surface area contributed by atoms with Crippen LogP contribution >= 0.6 is 27.7 Å². The Hall–Kier alpha value is -0.850. The highest BCUT2D eigenvalue weighted by Crippen LogP contribution is 2.35. The molecule has 6 heteroatoms. The van der Waals surface area contributed by atoms with Gasteiger partial charge in [0, 0.05) is 10.5 Å². The first kappa shape index (κ1) is 12.6. The van der Waals surface area contributed by atoms with E-state index < -0.39 is 0 Å². The highest BCUT2D eigenvalue weighted by molar-refractivity contribution is 9.10. The molecule has 0 aliphatic heterocycles. The Morgan fingerprint density at radius 2 is 2.29 bits per heavy atom. The summed E-state index contributed by atoms with van der Waals surface area (Å²) in [7, 11) is 0. The molecule has 0 aliphatic rings. The molecule has 1 aromatic heterocycles. The zero-order valence-electron chi connectivity index (χ0n) is 9.30. The molecule has 3 N–H and O–H groups in total. The second kappa shape index (κ2) is 5.66. The molecule has 0 saturated carbocycles. The first-order chi connectivity index (χ1) is 8.16. The Kier molecular flexibility index (Phi) is 4.20. The number of nitrogens with zero attached hydrogens (tertiary/aromatic N) is 2. The van der Waals surface area contributed by atoms with Gasteiger partial charge in [-0.1, -0.05) is 39.8 Å². The molecular weight excluding hydrogens is 300 g/mol. The topological polar surface area (TPSA) is 67.6 Å². The van der Waals surface area contributed by atoms with E-state index in [0.29, 0.717) is 0 Å². The lowest BCUT2D eigenvalue weighted by atomic mass is 10.1. The Labute approximate surface area is 113 Å². The molecule has 0 amide bonds. The van der Waals surface area contributed by atoms with Crippen LogP contribution in [0.4, 0.5) is 0 Å². The number of halogens is 1. The molecular formula is C11H13BrN4S. The maximum atomic E-state index is 6.04. The van der Waals surface area contributed by atoms with Crippen LogP contribution in [0.2, 0.25) is 0 Å². The lowest BCUT2D eigenvalue weighted by Gasteiger charge is -2.19. The minimum Gasteiger partial charge on any atom is -0.327 e. The van der Waals surface area contributed by atoms with Crippen molar-refractivity contribution < 1.29 is 0 Å². The van der Waals surface area contributed by atoms with Gasteiger partial charge in [-0.15, -0.1) is 0 Å². The summed E-state index contributed by atoms with van der Waals surface area (Å²) in [6.45, 7) is 1.99. The number of H-pyrrole nitrogens is 1. The lowest BCUT2D eigenvalue weighted by molar-refractivity contribution is 0.718. The Bertz CT molecular complexity index is 472. The monoisotopic (exact) mass is 312 g/mol. The third-order valence-electron chi connectivity index (χ3n) is 2.29. The second-order valence-electron chi connectivity index (χ2n) is 3.74. The zero-order valence-corrected chi connectivity index (χ0v) is 11.7. The molecule has 2 rings (SSSR count). The molecule has 0 radical (unpaired) electrons. The van der Waals surface area contributed by atoms with E-state index >= 15 is 0 Å². The summed E-state index contributed by atoms with van der Waals surface area (Å²) in [5.74, 6) is 0. The molecule has 2 unspecified atom stereocenters. The summed E-state index contributed by atoms with van der Waals surface area (Å²) >= 11 is 5.06. The van der Waals surface area contributed by atoms with Crippen molar-refractivity contribution in [2.75, 3.05) is 0 Å². The SMILES string of the molecule is CC(N)C(Sc1ncn[nH]1)c1cccc(Br)c1. The molecule has 90 valence electrons. The Morgan fingerprint density at radius 3 is 2.88 bits per heavy atom. The van der Waals surface area contributed by atoms with Crippen LogP contribution in [-0.2, 0) is 0 Å². The first-order valence-electron chi connectivity index (χ1n) is 5.20. The molecule has 0 fully saturated rings. The first-order valence-corrected chi connectivity index (χ1v) is 6.87. The molecule has 0 spiro atoms. The van der Waals surface area contributed by atoms with Crippen molar-refractivity contribution in [2.24, 2.45) is 5.73 Å². The van der Waals surface area contributed by atoms with Gasteiger partial charge in [0.05, 0.1) is 5.25 Å². The maximum absolute atomic E-state index is 6.04. The third kappa shape index (κ3) is 3.31. The number of benzene rings is 1. The van der Waals surface area contributed by atoms with Gasteiger partial charge in [-0.3, -0.25) is 5.10 Å². The summed E-state index contributed by atoms with van der Waals surface area (Å²) in [5, 5.41) is 7.62. The summed E-state index contributed by atoms with van der Waals surface area (Å²) < 4.78 is 1.05. The van der Waals surface area contributed by atoms with Gasteiger partial charge >= 0.3 is 0 Å². The molecule has 4 nitrogen and oxygen atoms in total. The van der Waals surface area contributed by atoms with E-state index in [2.05, 4.69) is 43.2 Å². The van der Waals surface area contributed by atoms with Crippen LogP contribution in [0.3, 0.4) is 0 Å². The average Bonchev–Trinajstić information content (AvgIpc) is 2.78. The van der Waals surface area contributed by atoms with Crippen LogP contribution in [0.25, 0.3) is 0 Å². The van der Waals surface area contributed by atoms with Gasteiger partial charge in [0.2, 0.25) is 0 Å². The normalized spacial score (nSPS) is 14.5. The number of aromatic nitrogens is 3. The van der Waals surface area contributed by atoms with Crippen LogP contribution < -0.4 is 5.73 Å². The standard InChI is InChI=1S/C11H13BrN4S/c1-7(13)10(17-11-14-6-15-16-11)8-3-2-4-9(12)5-8/h2-7,10H,13H2,1H3,(H,14,15,16). The van der Waals surface area contributed by atoms with Crippen molar-refractivity contribution in [3.05, 3.63) is 40.6 Å². The fourth-order valence-electron chi connectivity index (χ4n) is 1.53. The summed E-state index contributed by atoms with van der Waals surface area (Å²) in [6.07, 6.45) is 1.50. The number of nitrogens with two attached hydrogens (primary N) is 1. The predicted molar refractivity (Wildman–Crippen MR) is 72.8 cm³/mol. The van der Waals surface area contributed by atoms with E-state index in [-0.39, 0.29) is 11.3 Å². The van der Waals surface area contributed by atoms with Crippen molar-refractivity contribution in [3.8, 4) is 0 Å². The minimum atomic E-state index is 0.0272. The summed E-state index contributed by atoms with van der Waals surface area (Å²) in [5.41, 5.74) is 7.21. The Balaban J connectivity index is 2.23. The molecule has 1 aromatic carbocycles. The van der Waals surface area contributed by atoms with E-state index in [1.807, 2.05) is 19.1 Å². The smallest absolute Gasteiger partial charge is 0.184 e. The second-order valence-corrected chi connectivity index (χ2v) is 5.79. The molecule has 0 aliphatic carbocycles. The molecule has 1 heterocycles. The van der Waals surface area contributed by atoms with Gasteiger partial charge in [0.15, 0.2) is 5.16 Å². The van der Waals surface area contributed by atoms with Gasteiger partial charge in [-0.2, -0.15) is 5.10 Å². The molecule has 0 bridgehead atoms. The molecule has 2 aromatic rings. The van der Waals surface area contributed by atoms with Gasteiger partial charge in [0.25, 0.3) is 0 Å². The van der Waals surface area contributed by atoms with E-state index in [1.54, 1.807) is 11.8 Å². The van der Waals surface area contributed by atoms with Crippen LogP contribution in [-0.4, -0.2) is 21.2 Å². The van der Waals surface area contributed by atoms with Crippen molar-refractivity contribution >= 4 is 27.7 Å². The van der Waals surface area contributed by atoms with Crippen LogP contribution in [0.15, 0.2) is 40.2 Å². The third-order valence-corrected chi connectivity index (χ3v) is 4.15. The number of rotatable bonds is 4. The number of nitrogens with one attached hydrogen (secondary N) is 1. The van der Waals surface area contributed by atoms with Gasteiger partial charge in [-0.25, -0.2) is 4.98 Å². The largest absolute Gasteiger partial charge is 0.327 e. The van der Waals surface area contributed by atoms with Gasteiger partial charge < -0.3 is 5.73 Å². The van der Waals surface area contributed by atoms with E-state index in [4.69, 9.17) is 5.73 Å². The van der Waals surface area contributed by atoms with Gasteiger partial charge in [0.1, 0.15) is 6.33 Å².